The summed E-state index contributed by atoms with van der Waals surface area (Å²) in [4.78, 5) is 13.7. The van der Waals surface area contributed by atoms with E-state index < -0.39 is 0 Å². The zero-order valence-electron chi connectivity index (χ0n) is 8.25. The predicted octanol–water partition coefficient (Wildman–Crippen LogP) is 0.607. The number of hydrogen-bond acceptors (Lipinski definition) is 2. The Hall–Kier alpha value is -0.570. The maximum Gasteiger partial charge on any atom is 0.222 e. The van der Waals surface area contributed by atoms with Gasteiger partial charge in [-0.3, -0.25) is 4.79 Å². The van der Waals surface area contributed by atoms with Crippen LogP contribution in [-0.4, -0.2) is 36.5 Å². The molecule has 0 aromatic carbocycles. The molecule has 0 unspecified atom stereocenters. The molecule has 2 bridgehead atoms. The van der Waals surface area contributed by atoms with Crippen molar-refractivity contribution in [2.45, 2.75) is 32.2 Å². The number of rotatable bonds is 2. The lowest BCUT2D eigenvalue weighted by Crippen LogP contribution is -2.44. The highest BCUT2D eigenvalue weighted by Gasteiger charge is 2.33. The van der Waals surface area contributed by atoms with Gasteiger partial charge in [-0.25, -0.2) is 0 Å². The van der Waals surface area contributed by atoms with Gasteiger partial charge in [-0.1, -0.05) is 6.92 Å². The van der Waals surface area contributed by atoms with Crippen molar-refractivity contribution in [2.75, 3.05) is 19.6 Å². The molecule has 2 fully saturated rings. The molecule has 0 aromatic heterocycles. The minimum absolute atomic E-state index is 0.348. The normalized spacial score (nSPS) is 32.2. The number of hydrogen-bond donors (Lipinski definition) is 1. The van der Waals surface area contributed by atoms with E-state index in [0.29, 0.717) is 11.9 Å². The molecule has 0 radical (unpaired) electrons. The maximum absolute atomic E-state index is 11.6. The van der Waals surface area contributed by atoms with Crippen LogP contribution in [0.15, 0.2) is 0 Å². The standard InChI is InChI=1S/C10H18N2O/c1-2-3-10(13)12-6-8-4-9(7-12)11-5-8/h8-9,11H,2-7H2,1H3/t8-,9-/m0/s1. The molecule has 1 N–H and O–H groups in total. The summed E-state index contributed by atoms with van der Waals surface area (Å²) in [7, 11) is 0. The SMILES string of the molecule is CCCC(=O)N1C[C@@H]2CN[C@@H](C2)C1. The third-order valence-corrected chi connectivity index (χ3v) is 3.05. The van der Waals surface area contributed by atoms with Gasteiger partial charge in [-0.2, -0.15) is 0 Å². The number of amides is 1. The first-order valence-electron chi connectivity index (χ1n) is 5.30. The van der Waals surface area contributed by atoms with Crippen LogP contribution in [0.4, 0.5) is 0 Å². The fraction of sp³-hybridized carbons (Fsp3) is 0.900. The van der Waals surface area contributed by atoms with E-state index in [9.17, 15) is 4.79 Å². The van der Waals surface area contributed by atoms with Gasteiger partial charge in [0.15, 0.2) is 0 Å². The summed E-state index contributed by atoms with van der Waals surface area (Å²) < 4.78 is 0. The van der Waals surface area contributed by atoms with Crippen LogP contribution >= 0.6 is 0 Å². The summed E-state index contributed by atoms with van der Waals surface area (Å²) in [5.41, 5.74) is 0. The van der Waals surface area contributed by atoms with Crippen molar-refractivity contribution in [1.82, 2.24) is 10.2 Å². The number of nitrogens with one attached hydrogen (secondary N) is 1. The largest absolute Gasteiger partial charge is 0.341 e. The van der Waals surface area contributed by atoms with Crippen molar-refractivity contribution in [1.29, 1.82) is 0 Å². The molecule has 1 amide bonds. The van der Waals surface area contributed by atoms with E-state index >= 15 is 0 Å². The Morgan fingerprint density at radius 2 is 2.38 bits per heavy atom. The third kappa shape index (κ3) is 1.85. The van der Waals surface area contributed by atoms with Crippen LogP contribution in [0.5, 0.6) is 0 Å². The molecule has 2 aliphatic rings. The summed E-state index contributed by atoms with van der Waals surface area (Å²) in [6.07, 6.45) is 2.97. The van der Waals surface area contributed by atoms with E-state index in [1.54, 1.807) is 0 Å². The molecule has 2 aliphatic heterocycles. The molecule has 0 aliphatic carbocycles. The molecule has 13 heavy (non-hydrogen) atoms. The van der Waals surface area contributed by atoms with Crippen molar-refractivity contribution in [2.24, 2.45) is 5.92 Å². The Morgan fingerprint density at radius 3 is 3.08 bits per heavy atom. The highest BCUT2D eigenvalue weighted by atomic mass is 16.2. The van der Waals surface area contributed by atoms with Crippen molar-refractivity contribution in [3.05, 3.63) is 0 Å². The van der Waals surface area contributed by atoms with Crippen LogP contribution < -0.4 is 5.32 Å². The van der Waals surface area contributed by atoms with Gasteiger partial charge in [0.05, 0.1) is 0 Å². The zero-order valence-corrected chi connectivity index (χ0v) is 8.25. The monoisotopic (exact) mass is 182 g/mol. The number of likely N-dealkylation sites (tertiary alicyclic amines) is 1. The Balaban J connectivity index is 1.91. The fourth-order valence-electron chi connectivity index (χ4n) is 2.41. The van der Waals surface area contributed by atoms with Crippen molar-refractivity contribution in [3.8, 4) is 0 Å². The van der Waals surface area contributed by atoms with Crippen LogP contribution in [0.2, 0.25) is 0 Å². The lowest BCUT2D eigenvalue weighted by molar-refractivity contribution is -0.132. The highest BCUT2D eigenvalue weighted by molar-refractivity contribution is 5.76. The number of fused-ring (bicyclic) bond motifs is 2. The summed E-state index contributed by atoms with van der Waals surface area (Å²) in [5.74, 6) is 1.07. The van der Waals surface area contributed by atoms with Crippen LogP contribution in [0.25, 0.3) is 0 Å². The van der Waals surface area contributed by atoms with Crippen molar-refractivity contribution >= 4 is 5.91 Å². The first-order chi connectivity index (χ1) is 6.29. The Kier molecular flexibility index (Phi) is 2.54. The van der Waals surface area contributed by atoms with Crippen LogP contribution in [0, 0.1) is 5.92 Å². The third-order valence-electron chi connectivity index (χ3n) is 3.05. The number of nitrogens with zero attached hydrogens (tertiary/aromatic N) is 1. The second kappa shape index (κ2) is 3.66. The van der Waals surface area contributed by atoms with E-state index in [1.165, 1.54) is 6.42 Å². The molecule has 0 saturated carbocycles. The molecule has 2 heterocycles. The Bertz CT molecular complexity index is 193. The average Bonchev–Trinajstić information content (AvgIpc) is 2.46. The molecule has 0 aromatic rings. The van der Waals surface area contributed by atoms with Gasteiger partial charge in [0.1, 0.15) is 0 Å². The number of piperidine rings is 1. The average molecular weight is 182 g/mol. The van der Waals surface area contributed by atoms with Crippen LogP contribution in [-0.2, 0) is 4.79 Å². The molecule has 2 saturated heterocycles. The first kappa shape index (κ1) is 9.00. The van der Waals surface area contributed by atoms with Gasteiger partial charge in [0.25, 0.3) is 0 Å². The van der Waals surface area contributed by atoms with E-state index in [0.717, 1.165) is 38.4 Å². The fourth-order valence-corrected chi connectivity index (χ4v) is 2.41. The molecule has 0 spiro atoms. The minimum atomic E-state index is 0.348. The molecule has 3 nitrogen and oxygen atoms in total. The molecule has 2 rings (SSSR count). The molecule has 2 atom stereocenters. The van der Waals surface area contributed by atoms with E-state index in [4.69, 9.17) is 0 Å². The number of carbonyl (C=O) groups is 1. The summed E-state index contributed by atoms with van der Waals surface area (Å²) in [5, 5.41) is 3.45. The first-order valence-corrected chi connectivity index (χ1v) is 5.30. The molecular weight excluding hydrogens is 164 g/mol. The van der Waals surface area contributed by atoms with Crippen LogP contribution in [0.1, 0.15) is 26.2 Å². The van der Waals surface area contributed by atoms with Crippen molar-refractivity contribution < 1.29 is 4.79 Å². The Labute approximate surface area is 79.5 Å². The minimum Gasteiger partial charge on any atom is -0.341 e. The predicted molar refractivity (Wildman–Crippen MR) is 51.4 cm³/mol. The summed E-state index contributed by atoms with van der Waals surface area (Å²) in [6.45, 7) is 5.10. The zero-order chi connectivity index (χ0) is 9.26. The van der Waals surface area contributed by atoms with E-state index in [2.05, 4.69) is 12.2 Å². The van der Waals surface area contributed by atoms with E-state index in [1.807, 2.05) is 4.90 Å². The lowest BCUT2D eigenvalue weighted by atomic mass is 10.00. The second-order valence-electron chi connectivity index (χ2n) is 4.26. The van der Waals surface area contributed by atoms with Gasteiger partial charge < -0.3 is 10.2 Å². The second-order valence-corrected chi connectivity index (χ2v) is 4.26. The summed E-state index contributed by atoms with van der Waals surface area (Å²) >= 11 is 0. The van der Waals surface area contributed by atoms with E-state index in [-0.39, 0.29) is 0 Å². The maximum atomic E-state index is 11.6. The summed E-state index contributed by atoms with van der Waals surface area (Å²) in [6, 6.07) is 0.583. The quantitative estimate of drug-likeness (QED) is 0.678. The van der Waals surface area contributed by atoms with Gasteiger partial charge in [-0.05, 0) is 18.8 Å². The van der Waals surface area contributed by atoms with Gasteiger partial charge in [-0.15, -0.1) is 0 Å². The molecule has 3 heteroatoms. The topological polar surface area (TPSA) is 32.3 Å². The number of carbonyl (C=O) groups excluding carboxylic acids is 1. The highest BCUT2D eigenvalue weighted by Crippen LogP contribution is 2.22. The Morgan fingerprint density at radius 1 is 1.54 bits per heavy atom. The molecular formula is C10H18N2O. The van der Waals surface area contributed by atoms with Gasteiger partial charge >= 0.3 is 0 Å². The van der Waals surface area contributed by atoms with Crippen molar-refractivity contribution in [3.63, 3.8) is 0 Å². The lowest BCUT2D eigenvalue weighted by Gasteiger charge is -2.31. The van der Waals surface area contributed by atoms with Crippen LogP contribution in [0.3, 0.4) is 0 Å². The van der Waals surface area contributed by atoms with Gasteiger partial charge in [0.2, 0.25) is 5.91 Å². The smallest absolute Gasteiger partial charge is 0.222 e. The molecule has 74 valence electrons. The van der Waals surface area contributed by atoms with Gasteiger partial charge in [0, 0.05) is 32.1 Å².